The molecule has 1 heterocycles. The molecular weight excluding hydrogens is 1550 g/mol. The molecule has 11 nitrogen and oxygen atoms in total. The Hall–Kier alpha value is 4.59. The maximum Gasteiger partial charge on any atom is 4.00 e. The summed E-state index contributed by atoms with van der Waals surface area (Å²) >= 11 is 0. The zero-order valence-corrected chi connectivity index (χ0v) is 77.7. The molecule has 0 aromatic carbocycles. The van der Waals surface area contributed by atoms with Gasteiger partial charge in [0.15, 0.2) is 0 Å². The van der Waals surface area contributed by atoms with Crippen LogP contribution in [0.4, 0.5) is 0 Å². The topological polar surface area (TPSA) is 186 Å². The van der Waals surface area contributed by atoms with Gasteiger partial charge in [0.05, 0.1) is 0 Å². The summed E-state index contributed by atoms with van der Waals surface area (Å²) in [6, 6.07) is 0. The van der Waals surface area contributed by atoms with Crippen molar-refractivity contribution in [3.05, 3.63) is 75.7 Å². The molecule has 71 heavy (non-hydrogen) atoms. The van der Waals surface area contributed by atoms with Crippen molar-refractivity contribution in [3.63, 3.8) is 0 Å². The smallest absolute Gasteiger partial charge is 0.880 e. The van der Waals surface area contributed by atoms with Crippen LogP contribution in [0.2, 0.25) is 210 Å². The molecule has 0 unspecified atom stereocenters. The van der Waals surface area contributed by atoms with Crippen molar-refractivity contribution >= 4 is 98.8 Å². The Morgan fingerprint density at radius 3 is 0.423 bits per heavy atom. The van der Waals surface area contributed by atoms with Crippen LogP contribution < -0.4 is 79.5 Å². The van der Waals surface area contributed by atoms with Gasteiger partial charge in [0.2, 0.25) is 0 Å². The number of hydrogen-bond donors (Lipinski definition) is 0. The second kappa shape index (κ2) is 40.7. The maximum absolute atomic E-state index is 11.0. The minimum atomic E-state index is -1.98. The van der Waals surface area contributed by atoms with Gasteiger partial charge in [0.25, 0.3) is 0 Å². The van der Waals surface area contributed by atoms with Crippen molar-refractivity contribution < 1.29 is 147 Å². The minimum Gasteiger partial charge on any atom is -0.880 e. The molecule has 0 aromatic rings. The van der Waals surface area contributed by atoms with Crippen LogP contribution in [0.3, 0.4) is 0 Å². The van der Waals surface area contributed by atoms with Crippen molar-refractivity contribution in [1.29, 1.82) is 0 Å². The van der Waals surface area contributed by atoms with E-state index in [1.807, 2.05) is 52.4 Å². The molecule has 27 heteroatoms. The average Bonchev–Trinajstić information content (AvgIpc) is 3.50. The van der Waals surface area contributed by atoms with Crippen LogP contribution in [0, 0.1) is 62.2 Å². The van der Waals surface area contributed by atoms with E-state index >= 15 is 0 Å². The molecule has 0 radical (unpaired) electrons. The third-order valence-electron chi connectivity index (χ3n) is 7.36. The Bertz CT molecular complexity index is 1240. The SMILES string of the molecule is C1CCOC1.C=C([O-])[Si](C)(C)[N-][Si](C)(C)C.C=C([O-])[Si](C)(C)[N-][Si](C)(C)C.C=C([O-])[Si](C)(C)[N-][Si](C)(C)C.C=C([O-])[Si](C)(C)[N-][Si](C)(C)C.C[Si](C)(C)[N-][Si](C)(C)C.C[Si](C)(C)[N-][Si](C)(C)C.[Na+].[Na+].[U+4].[U+4]. The molecule has 0 saturated carbocycles. The maximum atomic E-state index is 11.0. The number of ether oxygens (including phenoxy) is 1. The second-order valence-electron chi connectivity index (χ2n) is 27.3. The van der Waals surface area contributed by atoms with E-state index in [0.29, 0.717) is 0 Å². The third-order valence-corrected chi connectivity index (χ3v) is 43.2. The Morgan fingerprint density at radius 2 is 0.394 bits per heavy atom. The Labute approximate surface area is 548 Å². The molecule has 0 atom stereocenters. The fourth-order valence-electron chi connectivity index (χ4n) is 6.13. The Balaban J connectivity index is -0.0000000763. The van der Waals surface area contributed by atoms with Crippen LogP contribution in [-0.4, -0.2) is 112 Å². The molecule has 1 saturated heterocycles. The van der Waals surface area contributed by atoms with Gasteiger partial charge in [-0.3, -0.25) is 0 Å². The molecule has 0 aromatic heterocycles. The van der Waals surface area contributed by atoms with Gasteiger partial charge >= 0.3 is 121 Å². The van der Waals surface area contributed by atoms with Crippen molar-refractivity contribution in [2.24, 2.45) is 0 Å². The molecule has 0 aliphatic carbocycles. The summed E-state index contributed by atoms with van der Waals surface area (Å²) in [5.41, 5.74) is 0. The number of rotatable bonds is 16. The summed E-state index contributed by atoms with van der Waals surface area (Å²) in [5.74, 6) is 0. The summed E-state index contributed by atoms with van der Waals surface area (Å²) in [4.78, 5) is 0. The predicted molar refractivity (Wildman–Crippen MR) is 333 cm³/mol. The van der Waals surface area contributed by atoms with Gasteiger partial charge < -0.3 is 53.1 Å². The standard InChI is InChI=1S/4C7H18NOSi2.2C6H18NSi2.C4H8O.2Na.2U/c4*1-7(9)11(5,6)8-10(2,3)4;2*1-8(2,3)7-9(4,5)6;1-2-4-5-3-1;;;;/h4*9H,1H2,2-6H3;2*1-6H3;1-4H2;;;;/q6*-1;;2*+1;2*+4/p-4. The van der Waals surface area contributed by atoms with Gasteiger partial charge in [-0.2, -0.15) is 21.5 Å². The van der Waals surface area contributed by atoms with Crippen LogP contribution in [-0.2, 0) is 4.74 Å². The predicted octanol–water partition coefficient (Wildman–Crippen LogP) is 8.12. The van der Waals surface area contributed by atoms with Crippen molar-refractivity contribution in [2.45, 2.75) is 222 Å². The van der Waals surface area contributed by atoms with Crippen LogP contribution in [0.5, 0.6) is 0 Å². The van der Waals surface area contributed by atoms with E-state index in [4.69, 9.17) is 14.0 Å². The van der Waals surface area contributed by atoms with Gasteiger partial charge in [0.1, 0.15) is 0 Å². The molecular formula is C44H112N6Na2O5Si12U2. The quantitative estimate of drug-likeness (QED) is 0.111. The van der Waals surface area contributed by atoms with Crippen LogP contribution >= 0.6 is 0 Å². The molecule has 1 aliphatic rings. The van der Waals surface area contributed by atoms with Gasteiger partial charge in [-0.15, -0.1) is 26.3 Å². The van der Waals surface area contributed by atoms with Gasteiger partial charge in [0, 0.05) is 13.2 Å². The van der Waals surface area contributed by atoms with Crippen LogP contribution in [0.15, 0.2) is 47.8 Å². The summed E-state index contributed by atoms with van der Waals surface area (Å²) in [6.07, 6.45) is 2.56. The zero-order valence-electron chi connectivity index (χ0n) is 53.4. The molecule has 0 N–H and O–H groups in total. The van der Waals surface area contributed by atoms with Crippen molar-refractivity contribution in [1.82, 2.24) is 0 Å². The molecule has 0 bridgehead atoms. The van der Waals surface area contributed by atoms with Crippen LogP contribution in [0.1, 0.15) is 12.8 Å². The van der Waals surface area contributed by atoms with E-state index in [0.717, 1.165) is 13.2 Å². The van der Waals surface area contributed by atoms with E-state index in [1.54, 1.807) is 0 Å². The van der Waals surface area contributed by atoms with E-state index in [1.165, 1.54) is 12.8 Å². The number of nitrogens with zero attached hydrogens (tertiary/aromatic N) is 6. The molecule has 1 aliphatic heterocycles. The monoisotopic (exact) mass is 1660 g/mol. The van der Waals surface area contributed by atoms with Gasteiger partial charge in [-0.25, -0.2) is 0 Å². The Morgan fingerprint density at radius 1 is 0.282 bits per heavy atom. The zero-order chi connectivity index (χ0) is 56.1. The minimum absolute atomic E-state index is 0. The average molecular weight is 1660 g/mol. The van der Waals surface area contributed by atoms with Crippen molar-refractivity contribution in [2.75, 3.05) is 13.2 Å². The van der Waals surface area contributed by atoms with Crippen molar-refractivity contribution in [3.8, 4) is 0 Å². The second-order valence-corrected chi connectivity index (χ2v) is 82.1. The summed E-state index contributed by atoms with van der Waals surface area (Å²) in [5, 5.41) is 44.3. The first-order valence-electron chi connectivity index (χ1n) is 24.0. The van der Waals surface area contributed by atoms with E-state index in [9.17, 15) is 20.4 Å². The first-order valence-corrected chi connectivity index (χ1v) is 63.4. The van der Waals surface area contributed by atoms with Gasteiger partial charge in [-0.1, -0.05) is 308 Å². The molecule has 1 rings (SSSR count). The largest absolute Gasteiger partial charge is 4.00 e. The summed E-state index contributed by atoms with van der Waals surface area (Å²) < 4.78 is 33.0. The van der Waals surface area contributed by atoms with E-state index in [2.05, 4.69) is 202 Å². The fourth-order valence-corrected chi connectivity index (χ4v) is 51.1. The van der Waals surface area contributed by atoms with Crippen LogP contribution in [0.25, 0.3) is 27.9 Å². The third kappa shape index (κ3) is 81.2. The molecule has 0 spiro atoms. The van der Waals surface area contributed by atoms with E-state index in [-0.39, 0.29) is 143 Å². The molecule has 1 fully saturated rings. The Kier molecular flexibility index (Phi) is 56.1. The fraction of sp³-hybridized carbons (Fsp3) is 0.818. The molecule has 406 valence electrons. The van der Waals surface area contributed by atoms with Gasteiger partial charge in [-0.05, 0) is 12.8 Å². The first-order chi connectivity index (χ1) is 28.5. The summed E-state index contributed by atoms with van der Waals surface area (Å²) in [7, 11) is -18.1. The number of hydrogen-bond acceptors (Lipinski definition) is 5. The first kappa shape index (κ1) is 97.8. The molecule has 0 amide bonds. The normalized spacial score (nSPS) is 13.4. The summed E-state index contributed by atoms with van der Waals surface area (Å²) in [6.45, 7) is 84.7. The van der Waals surface area contributed by atoms with E-state index < -0.39 is 98.8 Å².